The number of rotatable bonds is 6. The van der Waals surface area contributed by atoms with Gasteiger partial charge in [0.15, 0.2) is 11.5 Å². The summed E-state index contributed by atoms with van der Waals surface area (Å²) in [6, 6.07) is 11.5. The van der Waals surface area contributed by atoms with Crippen molar-refractivity contribution in [1.82, 2.24) is 14.9 Å². The zero-order valence-corrected chi connectivity index (χ0v) is 18.7. The molecule has 2 aromatic heterocycles. The maximum Gasteiger partial charge on any atom is 0.259 e. The van der Waals surface area contributed by atoms with Gasteiger partial charge in [0.1, 0.15) is 0 Å². The van der Waals surface area contributed by atoms with Gasteiger partial charge in [0.2, 0.25) is 6.79 Å². The van der Waals surface area contributed by atoms with Crippen molar-refractivity contribution in [2.24, 2.45) is 4.99 Å². The van der Waals surface area contributed by atoms with Crippen LogP contribution in [0, 0.1) is 0 Å². The molecule has 0 unspecified atom stereocenters. The zero-order chi connectivity index (χ0) is 23.2. The lowest BCUT2D eigenvalue weighted by Crippen LogP contribution is -2.22. The Kier molecular flexibility index (Phi) is 4.79. The number of hydrogen-bond acceptors (Lipinski definition) is 6. The first-order chi connectivity index (χ1) is 16.7. The highest BCUT2D eigenvalue weighted by Gasteiger charge is 2.35. The van der Waals surface area contributed by atoms with Crippen molar-refractivity contribution >= 4 is 62.1 Å². The number of fused-ring (bicyclic) bond motifs is 3. The lowest BCUT2D eigenvalue weighted by molar-refractivity contribution is -0.122. The lowest BCUT2D eigenvalue weighted by Gasteiger charge is -2.04. The van der Waals surface area contributed by atoms with E-state index in [0.717, 1.165) is 28.2 Å². The van der Waals surface area contributed by atoms with Gasteiger partial charge in [-0.1, -0.05) is 18.2 Å². The second kappa shape index (κ2) is 7.98. The molecule has 0 saturated carbocycles. The summed E-state index contributed by atoms with van der Waals surface area (Å²) in [4.78, 5) is 33.3. The summed E-state index contributed by atoms with van der Waals surface area (Å²) < 4.78 is 13.2. The molecular formula is C25H18N4O4S. The molecule has 6 rings (SSSR count). The maximum atomic E-state index is 13.1. The molecule has 0 saturated heterocycles. The number of imide groups is 1. The van der Waals surface area contributed by atoms with Crippen molar-refractivity contribution in [3.8, 4) is 11.5 Å². The van der Waals surface area contributed by atoms with Crippen LogP contribution in [-0.4, -0.2) is 39.9 Å². The van der Waals surface area contributed by atoms with Gasteiger partial charge in [-0.15, -0.1) is 0 Å². The number of hydrogen-bond donors (Lipinski definition) is 2. The largest absolute Gasteiger partial charge is 0.454 e. The topological polar surface area (TPSA) is 97.7 Å². The van der Waals surface area contributed by atoms with Crippen LogP contribution in [0.25, 0.3) is 33.0 Å². The van der Waals surface area contributed by atoms with E-state index in [1.165, 1.54) is 0 Å². The smallest absolute Gasteiger partial charge is 0.259 e. The first-order valence-electron chi connectivity index (χ1n) is 10.8. The molecule has 0 atom stereocenters. The number of nitrogens with zero attached hydrogens (tertiary/aromatic N) is 2. The molecule has 2 aliphatic heterocycles. The molecule has 2 aromatic carbocycles. The molecule has 2 N–H and O–H groups in total. The summed E-state index contributed by atoms with van der Waals surface area (Å²) in [6.45, 7) is 1.33. The van der Waals surface area contributed by atoms with Crippen molar-refractivity contribution in [2.75, 3.05) is 13.3 Å². The molecule has 2 amide bonds. The second-order valence-electron chi connectivity index (χ2n) is 8.07. The van der Waals surface area contributed by atoms with Crippen molar-refractivity contribution in [3.05, 3.63) is 59.9 Å². The van der Waals surface area contributed by atoms with Crippen LogP contribution in [0.5, 0.6) is 11.5 Å². The minimum atomic E-state index is -0.424. The third-order valence-corrected chi connectivity index (χ3v) is 6.30. The van der Waals surface area contributed by atoms with E-state index >= 15 is 0 Å². The molecule has 34 heavy (non-hydrogen) atoms. The highest BCUT2D eigenvalue weighted by Crippen LogP contribution is 2.42. The van der Waals surface area contributed by atoms with E-state index in [-0.39, 0.29) is 6.79 Å². The van der Waals surface area contributed by atoms with Crippen LogP contribution in [0.15, 0.2) is 53.8 Å². The summed E-state index contributed by atoms with van der Waals surface area (Å²) in [6.07, 6.45) is 4.42. The van der Waals surface area contributed by atoms with Gasteiger partial charge in [-0.3, -0.25) is 14.9 Å². The van der Waals surface area contributed by atoms with Gasteiger partial charge in [-0.25, -0.2) is 4.99 Å². The van der Waals surface area contributed by atoms with Gasteiger partial charge in [0.25, 0.3) is 11.8 Å². The van der Waals surface area contributed by atoms with Gasteiger partial charge < -0.3 is 19.0 Å². The first-order valence-corrected chi connectivity index (χ1v) is 11.2. The highest BCUT2D eigenvalue weighted by molar-refractivity contribution is 7.78. The number of aryl methyl sites for hydroxylation is 1. The molecule has 9 heteroatoms. The number of amides is 2. The van der Waals surface area contributed by atoms with E-state index in [1.807, 2.05) is 47.2 Å². The molecule has 0 fully saturated rings. The summed E-state index contributed by atoms with van der Waals surface area (Å²) in [5.74, 6) is 0.415. The zero-order valence-electron chi connectivity index (χ0n) is 17.9. The van der Waals surface area contributed by atoms with E-state index in [9.17, 15) is 9.59 Å². The van der Waals surface area contributed by atoms with Gasteiger partial charge in [-0.05, 0) is 30.8 Å². The van der Waals surface area contributed by atoms with E-state index in [4.69, 9.17) is 9.47 Å². The number of aliphatic imine (C=N–C) groups is 1. The fourth-order valence-corrected chi connectivity index (χ4v) is 4.77. The number of para-hydroxylation sites is 1. The van der Waals surface area contributed by atoms with Crippen LogP contribution >= 0.6 is 12.2 Å². The van der Waals surface area contributed by atoms with E-state index in [2.05, 4.69) is 32.7 Å². The number of nitrogens with one attached hydrogen (secondary N) is 2. The normalized spacial score (nSPS) is 14.8. The van der Waals surface area contributed by atoms with E-state index in [0.29, 0.717) is 46.9 Å². The number of carbonyl (C=O) groups excluding carboxylic acids is 2. The average Bonchev–Trinajstić information content (AvgIpc) is 3.60. The van der Waals surface area contributed by atoms with Crippen LogP contribution in [-0.2, 0) is 16.1 Å². The van der Waals surface area contributed by atoms with Crippen molar-refractivity contribution in [2.45, 2.75) is 13.0 Å². The Bertz CT molecular complexity index is 1590. The summed E-state index contributed by atoms with van der Waals surface area (Å²) in [7, 11) is 0. The number of ether oxygens (including phenoxy) is 2. The van der Waals surface area contributed by atoms with Crippen LogP contribution in [0.1, 0.15) is 17.5 Å². The van der Waals surface area contributed by atoms with Gasteiger partial charge in [0.05, 0.1) is 28.4 Å². The molecule has 8 nitrogen and oxygen atoms in total. The number of carbonyl (C=O) groups is 2. The van der Waals surface area contributed by atoms with Crippen LogP contribution in [0.3, 0.4) is 0 Å². The summed E-state index contributed by atoms with van der Waals surface area (Å²) in [5.41, 5.74) is 3.81. The standard InChI is InChI=1S/C25H18N4O4S/c30-24-22(16-10-27-18-5-2-1-4-14(16)18)23(25(31)28-24)17-11-29(7-3-6-26-12-34)19-9-21-20(8-15(17)19)32-13-33-21/h1-2,4-5,8-11,27H,3,6-7,13H2,(H,28,30,31). The SMILES string of the molecule is O=C1NC(=O)C(c2cn(CCCN=C=S)c3cc4c(cc23)OCO4)=C1c1c[nH]c2ccccc12. The van der Waals surface area contributed by atoms with Gasteiger partial charge >= 0.3 is 0 Å². The Hall–Kier alpha value is -4.20. The van der Waals surface area contributed by atoms with E-state index in [1.54, 1.807) is 6.20 Å². The molecule has 0 spiro atoms. The second-order valence-corrected chi connectivity index (χ2v) is 8.25. The molecule has 4 aromatic rings. The minimum absolute atomic E-state index is 0.142. The van der Waals surface area contributed by atoms with Gasteiger partial charge in [-0.2, -0.15) is 0 Å². The molecular weight excluding hydrogens is 452 g/mol. The van der Waals surface area contributed by atoms with E-state index < -0.39 is 11.8 Å². The Morgan fingerprint density at radius 2 is 1.79 bits per heavy atom. The molecule has 0 bridgehead atoms. The fourth-order valence-electron chi connectivity index (χ4n) is 4.68. The number of benzene rings is 2. The third kappa shape index (κ3) is 3.14. The fraction of sp³-hybridized carbons (Fsp3) is 0.160. The van der Waals surface area contributed by atoms with Crippen molar-refractivity contribution in [1.29, 1.82) is 0 Å². The Balaban J connectivity index is 1.58. The van der Waals surface area contributed by atoms with Crippen molar-refractivity contribution < 1.29 is 19.1 Å². The number of thiocarbonyl (C=S) groups is 1. The Labute approximate surface area is 198 Å². The molecule has 4 heterocycles. The number of aromatic nitrogens is 2. The number of isothiocyanates is 1. The Morgan fingerprint density at radius 3 is 2.62 bits per heavy atom. The summed E-state index contributed by atoms with van der Waals surface area (Å²) >= 11 is 4.66. The van der Waals surface area contributed by atoms with Crippen LogP contribution < -0.4 is 14.8 Å². The Morgan fingerprint density at radius 1 is 1.03 bits per heavy atom. The average molecular weight is 471 g/mol. The van der Waals surface area contributed by atoms with Crippen LogP contribution in [0.4, 0.5) is 0 Å². The third-order valence-electron chi connectivity index (χ3n) is 6.17. The highest BCUT2D eigenvalue weighted by atomic mass is 32.1. The first kappa shape index (κ1) is 20.4. The molecule has 0 radical (unpaired) electrons. The minimum Gasteiger partial charge on any atom is -0.454 e. The number of aromatic amines is 1. The molecule has 0 aliphatic carbocycles. The monoisotopic (exact) mass is 470 g/mol. The lowest BCUT2D eigenvalue weighted by atomic mass is 9.95. The molecule has 2 aliphatic rings. The van der Waals surface area contributed by atoms with Crippen LogP contribution in [0.2, 0.25) is 0 Å². The predicted molar refractivity (Wildman–Crippen MR) is 131 cm³/mol. The quantitative estimate of drug-likeness (QED) is 0.193. The predicted octanol–water partition coefficient (Wildman–Crippen LogP) is 3.91. The van der Waals surface area contributed by atoms with Gasteiger partial charge in [0, 0.05) is 52.4 Å². The maximum absolute atomic E-state index is 13.1. The van der Waals surface area contributed by atoms with Crippen molar-refractivity contribution in [3.63, 3.8) is 0 Å². The summed E-state index contributed by atoms with van der Waals surface area (Å²) in [5, 5.41) is 6.55. The molecule has 168 valence electrons. The number of H-pyrrole nitrogens is 1.